The number of Topliss-reactive ketones (excluding diaryl/α,β-unsaturated/α-hetero) is 1. The second-order valence-corrected chi connectivity index (χ2v) is 6.95. The number of pyridine rings is 1. The summed E-state index contributed by atoms with van der Waals surface area (Å²) in [6.07, 6.45) is 1.88. The van der Waals surface area contributed by atoms with Crippen LogP contribution in [0.1, 0.15) is 11.3 Å². The maximum Gasteiger partial charge on any atom is 0.152 e. The molecule has 0 unspecified atom stereocenters. The lowest BCUT2D eigenvalue weighted by atomic mass is 10.2. The zero-order chi connectivity index (χ0) is 18.5. The highest BCUT2D eigenvalue weighted by atomic mass is 35.5. The van der Waals surface area contributed by atoms with Crippen molar-refractivity contribution in [3.63, 3.8) is 0 Å². The van der Waals surface area contributed by atoms with Crippen molar-refractivity contribution in [2.75, 3.05) is 32.8 Å². The number of carbonyl (C=O) groups excluding carboxylic acids is 1. The molecule has 1 aliphatic rings. The first-order valence-corrected chi connectivity index (χ1v) is 9.17. The molecule has 0 radical (unpaired) electrons. The second-order valence-electron chi connectivity index (χ2n) is 6.20. The van der Waals surface area contributed by atoms with Crippen molar-refractivity contribution < 1.29 is 14.3 Å². The van der Waals surface area contributed by atoms with E-state index in [4.69, 9.17) is 32.7 Å². The molecule has 0 spiro atoms. The maximum atomic E-state index is 12.3. The van der Waals surface area contributed by atoms with Crippen LogP contribution in [0.3, 0.4) is 0 Å². The molecule has 1 aromatic heterocycles. The SMILES string of the molecule is Cc1ccc(Oc2ccnc(CC(=O)CN3CCOCC3)c2)c(Cl)c1Cl. The van der Waals surface area contributed by atoms with Crippen LogP contribution in [0.25, 0.3) is 0 Å². The fourth-order valence-electron chi connectivity index (χ4n) is 2.72. The summed E-state index contributed by atoms with van der Waals surface area (Å²) in [6.45, 7) is 5.21. The van der Waals surface area contributed by atoms with Crippen LogP contribution in [0.2, 0.25) is 10.0 Å². The molecule has 5 nitrogen and oxygen atoms in total. The standard InChI is InChI=1S/C19H20Cl2N2O3/c1-13-2-3-17(19(21)18(13)20)26-16-4-5-22-14(11-16)10-15(24)12-23-6-8-25-9-7-23/h2-5,11H,6-10,12H2,1H3. The number of aromatic nitrogens is 1. The molecule has 1 fully saturated rings. The van der Waals surface area contributed by atoms with Crippen LogP contribution in [0, 0.1) is 6.92 Å². The number of aryl methyl sites for hydroxylation is 1. The van der Waals surface area contributed by atoms with Gasteiger partial charge in [0.1, 0.15) is 16.5 Å². The number of morpholine rings is 1. The normalized spacial score (nSPS) is 15.0. The Bertz CT molecular complexity index is 792. The summed E-state index contributed by atoms with van der Waals surface area (Å²) < 4.78 is 11.1. The van der Waals surface area contributed by atoms with Crippen LogP contribution in [0.4, 0.5) is 0 Å². The summed E-state index contributed by atoms with van der Waals surface area (Å²) in [7, 11) is 0. The summed E-state index contributed by atoms with van der Waals surface area (Å²) in [6, 6.07) is 7.09. The number of benzene rings is 1. The number of carbonyl (C=O) groups is 1. The first-order chi connectivity index (χ1) is 12.5. The Morgan fingerprint density at radius 3 is 2.77 bits per heavy atom. The van der Waals surface area contributed by atoms with E-state index in [2.05, 4.69) is 9.88 Å². The molecule has 0 amide bonds. The smallest absolute Gasteiger partial charge is 0.152 e. The number of ketones is 1. The van der Waals surface area contributed by atoms with E-state index in [1.54, 1.807) is 24.4 Å². The Kier molecular flexibility index (Phi) is 6.48. The van der Waals surface area contributed by atoms with Crippen LogP contribution in [0.15, 0.2) is 30.5 Å². The Morgan fingerprint density at radius 2 is 2.00 bits per heavy atom. The van der Waals surface area contributed by atoms with Crippen LogP contribution in [0.5, 0.6) is 11.5 Å². The van der Waals surface area contributed by atoms with Gasteiger partial charge in [-0.05, 0) is 24.6 Å². The van der Waals surface area contributed by atoms with Crippen LogP contribution in [-0.4, -0.2) is 48.5 Å². The topological polar surface area (TPSA) is 51.7 Å². The molecule has 26 heavy (non-hydrogen) atoms. The molecule has 2 heterocycles. The predicted octanol–water partition coefficient (Wildman–Crippen LogP) is 3.93. The molecule has 1 aliphatic heterocycles. The minimum absolute atomic E-state index is 0.118. The fourth-order valence-corrected chi connectivity index (χ4v) is 3.12. The molecule has 3 rings (SSSR count). The number of halogens is 2. The lowest BCUT2D eigenvalue weighted by Crippen LogP contribution is -2.39. The second kappa shape index (κ2) is 8.82. The third-order valence-electron chi connectivity index (χ3n) is 4.14. The Hall–Kier alpha value is -1.66. The van der Waals surface area contributed by atoms with E-state index in [1.807, 2.05) is 13.0 Å². The van der Waals surface area contributed by atoms with Gasteiger partial charge in [0.2, 0.25) is 0 Å². The van der Waals surface area contributed by atoms with E-state index < -0.39 is 0 Å². The van der Waals surface area contributed by atoms with Crippen molar-refractivity contribution in [1.82, 2.24) is 9.88 Å². The van der Waals surface area contributed by atoms with Gasteiger partial charge in [0.05, 0.1) is 36.9 Å². The highest BCUT2D eigenvalue weighted by Crippen LogP contribution is 2.36. The van der Waals surface area contributed by atoms with Gasteiger partial charge in [0.15, 0.2) is 5.78 Å². The number of nitrogens with zero attached hydrogens (tertiary/aromatic N) is 2. The molecule has 138 valence electrons. The lowest BCUT2D eigenvalue weighted by molar-refractivity contribution is -0.120. The molecule has 0 atom stereocenters. The van der Waals surface area contributed by atoms with E-state index in [0.29, 0.717) is 47.0 Å². The zero-order valence-electron chi connectivity index (χ0n) is 14.5. The maximum absolute atomic E-state index is 12.3. The molecule has 0 N–H and O–H groups in total. The van der Waals surface area contributed by atoms with Gasteiger partial charge < -0.3 is 9.47 Å². The molecule has 1 saturated heterocycles. The first kappa shape index (κ1) is 19.1. The van der Waals surface area contributed by atoms with Crippen LogP contribution in [-0.2, 0) is 16.0 Å². The summed E-state index contributed by atoms with van der Waals surface area (Å²) in [5, 5.41) is 0.840. The molecule has 1 aromatic carbocycles. The van der Waals surface area contributed by atoms with Crippen LogP contribution >= 0.6 is 23.2 Å². The van der Waals surface area contributed by atoms with E-state index in [9.17, 15) is 4.79 Å². The van der Waals surface area contributed by atoms with Gasteiger partial charge in [0.25, 0.3) is 0 Å². The number of hydrogen-bond acceptors (Lipinski definition) is 5. The van der Waals surface area contributed by atoms with Gasteiger partial charge in [-0.25, -0.2) is 0 Å². The Morgan fingerprint density at radius 1 is 1.23 bits per heavy atom. The lowest BCUT2D eigenvalue weighted by Gasteiger charge is -2.25. The van der Waals surface area contributed by atoms with E-state index in [0.717, 1.165) is 18.7 Å². The molecule has 0 bridgehead atoms. The summed E-state index contributed by atoms with van der Waals surface area (Å²) >= 11 is 12.4. The van der Waals surface area contributed by atoms with E-state index >= 15 is 0 Å². The first-order valence-electron chi connectivity index (χ1n) is 8.42. The fraction of sp³-hybridized carbons (Fsp3) is 0.368. The third kappa shape index (κ3) is 4.95. The minimum atomic E-state index is 0.118. The average molecular weight is 395 g/mol. The highest BCUT2D eigenvalue weighted by Gasteiger charge is 2.15. The molecular weight excluding hydrogens is 375 g/mol. The monoisotopic (exact) mass is 394 g/mol. The number of hydrogen-bond donors (Lipinski definition) is 0. The Labute approximate surface area is 162 Å². The number of rotatable bonds is 6. The van der Waals surface area contributed by atoms with E-state index in [-0.39, 0.29) is 12.2 Å². The largest absolute Gasteiger partial charge is 0.456 e. The summed E-state index contributed by atoms with van der Waals surface area (Å²) in [4.78, 5) is 18.6. The molecule has 2 aromatic rings. The van der Waals surface area contributed by atoms with Crippen molar-refractivity contribution >= 4 is 29.0 Å². The van der Waals surface area contributed by atoms with Gasteiger partial charge in [-0.15, -0.1) is 0 Å². The van der Waals surface area contributed by atoms with Gasteiger partial charge in [-0.1, -0.05) is 29.3 Å². The highest BCUT2D eigenvalue weighted by molar-refractivity contribution is 6.43. The molecule has 0 saturated carbocycles. The number of ether oxygens (including phenoxy) is 2. The van der Waals surface area contributed by atoms with Gasteiger partial charge in [-0.2, -0.15) is 0 Å². The molecular formula is C19H20Cl2N2O3. The summed E-state index contributed by atoms with van der Waals surface area (Å²) in [5.41, 5.74) is 1.54. The van der Waals surface area contributed by atoms with Crippen molar-refractivity contribution in [1.29, 1.82) is 0 Å². The van der Waals surface area contributed by atoms with Crippen molar-refractivity contribution in [3.05, 3.63) is 51.8 Å². The van der Waals surface area contributed by atoms with Crippen molar-refractivity contribution in [2.24, 2.45) is 0 Å². The minimum Gasteiger partial charge on any atom is -0.456 e. The zero-order valence-corrected chi connectivity index (χ0v) is 16.0. The third-order valence-corrected chi connectivity index (χ3v) is 5.10. The predicted molar refractivity (Wildman–Crippen MR) is 101 cm³/mol. The van der Waals surface area contributed by atoms with Gasteiger partial charge in [0, 0.05) is 25.4 Å². The summed E-state index contributed by atoms with van der Waals surface area (Å²) in [5.74, 6) is 1.16. The van der Waals surface area contributed by atoms with Gasteiger partial charge in [-0.3, -0.25) is 14.7 Å². The van der Waals surface area contributed by atoms with Crippen molar-refractivity contribution in [3.8, 4) is 11.5 Å². The van der Waals surface area contributed by atoms with Crippen molar-refractivity contribution in [2.45, 2.75) is 13.3 Å². The van der Waals surface area contributed by atoms with E-state index in [1.165, 1.54) is 0 Å². The van der Waals surface area contributed by atoms with Crippen LogP contribution < -0.4 is 4.74 Å². The average Bonchev–Trinajstić information content (AvgIpc) is 2.63. The Balaban J connectivity index is 1.64. The van der Waals surface area contributed by atoms with Gasteiger partial charge >= 0.3 is 0 Å². The molecule has 7 heteroatoms. The molecule has 0 aliphatic carbocycles. The quantitative estimate of drug-likeness (QED) is 0.742.